The average Bonchev–Trinajstić information content (AvgIpc) is 3.09. The van der Waals surface area contributed by atoms with Gasteiger partial charge in [-0.2, -0.15) is 0 Å². The number of ether oxygens (including phenoxy) is 2. The fraction of sp³-hybridized carbons (Fsp3) is 0.421. The zero-order valence-corrected chi connectivity index (χ0v) is 14.7. The van der Waals surface area contributed by atoms with E-state index in [1.165, 1.54) is 6.26 Å². The first kappa shape index (κ1) is 17.5. The molecule has 1 unspecified atom stereocenters. The van der Waals surface area contributed by atoms with E-state index < -0.39 is 0 Å². The number of hydrogen-bond donors (Lipinski definition) is 1. The van der Waals surface area contributed by atoms with Gasteiger partial charge in [0.05, 0.1) is 32.6 Å². The van der Waals surface area contributed by atoms with Gasteiger partial charge in [-0.3, -0.25) is 9.69 Å². The second kappa shape index (κ2) is 8.18. The van der Waals surface area contributed by atoms with Crippen molar-refractivity contribution >= 4 is 5.91 Å². The van der Waals surface area contributed by atoms with Gasteiger partial charge in [0, 0.05) is 25.2 Å². The summed E-state index contributed by atoms with van der Waals surface area (Å²) in [5, 5.41) is 3.00. The lowest BCUT2D eigenvalue weighted by molar-refractivity contribution is 0.0161. The second-order valence-corrected chi connectivity index (χ2v) is 6.08. The molecule has 0 bridgehead atoms. The van der Waals surface area contributed by atoms with Gasteiger partial charge in [0.25, 0.3) is 5.91 Å². The molecule has 1 fully saturated rings. The van der Waals surface area contributed by atoms with Gasteiger partial charge in [-0.05, 0) is 30.7 Å². The molecule has 6 nitrogen and oxygen atoms in total. The van der Waals surface area contributed by atoms with Crippen LogP contribution < -0.4 is 10.1 Å². The average molecular weight is 344 g/mol. The van der Waals surface area contributed by atoms with Gasteiger partial charge in [0.1, 0.15) is 5.75 Å². The number of nitrogens with zero attached hydrogens (tertiary/aromatic N) is 1. The largest absolute Gasteiger partial charge is 0.497 e. The van der Waals surface area contributed by atoms with Gasteiger partial charge in [0.15, 0.2) is 5.76 Å². The van der Waals surface area contributed by atoms with Crippen LogP contribution in [0.25, 0.3) is 0 Å². The molecule has 1 aliphatic heterocycles. The smallest absolute Gasteiger partial charge is 0.287 e. The molecule has 3 rings (SSSR count). The fourth-order valence-corrected chi connectivity index (χ4v) is 3.05. The number of benzene rings is 1. The molecule has 1 saturated heterocycles. The second-order valence-electron chi connectivity index (χ2n) is 6.08. The highest BCUT2D eigenvalue weighted by Crippen LogP contribution is 2.24. The highest BCUT2D eigenvalue weighted by Gasteiger charge is 2.24. The molecular weight excluding hydrogens is 320 g/mol. The maximum Gasteiger partial charge on any atom is 0.287 e. The van der Waals surface area contributed by atoms with Crippen molar-refractivity contribution in [3.05, 3.63) is 53.5 Å². The van der Waals surface area contributed by atoms with Crippen molar-refractivity contribution in [1.82, 2.24) is 10.2 Å². The van der Waals surface area contributed by atoms with E-state index >= 15 is 0 Å². The number of methoxy groups -OCH3 is 1. The Morgan fingerprint density at radius 3 is 2.56 bits per heavy atom. The van der Waals surface area contributed by atoms with Crippen molar-refractivity contribution in [2.75, 3.05) is 40.0 Å². The van der Waals surface area contributed by atoms with Gasteiger partial charge in [-0.25, -0.2) is 0 Å². The molecular formula is C19H24N2O4. The maximum absolute atomic E-state index is 12.4. The van der Waals surface area contributed by atoms with Crippen molar-refractivity contribution in [2.45, 2.75) is 13.0 Å². The van der Waals surface area contributed by atoms with E-state index in [0.717, 1.165) is 30.0 Å². The first-order valence-corrected chi connectivity index (χ1v) is 8.47. The van der Waals surface area contributed by atoms with Crippen LogP contribution in [0.5, 0.6) is 5.75 Å². The Balaban J connectivity index is 1.73. The quantitative estimate of drug-likeness (QED) is 0.872. The van der Waals surface area contributed by atoms with Crippen molar-refractivity contribution in [2.24, 2.45) is 0 Å². The fourth-order valence-electron chi connectivity index (χ4n) is 3.05. The minimum atomic E-state index is -0.186. The normalized spacial score (nSPS) is 16.4. The van der Waals surface area contributed by atoms with Crippen LogP contribution in [0.4, 0.5) is 0 Å². The number of carbonyl (C=O) groups is 1. The summed E-state index contributed by atoms with van der Waals surface area (Å²) >= 11 is 0. The number of hydrogen-bond acceptors (Lipinski definition) is 5. The van der Waals surface area contributed by atoms with E-state index in [0.29, 0.717) is 25.5 Å². The van der Waals surface area contributed by atoms with E-state index in [9.17, 15) is 4.79 Å². The lowest BCUT2D eigenvalue weighted by atomic mass is 10.0. The summed E-state index contributed by atoms with van der Waals surface area (Å²) in [6.45, 7) is 5.46. The SMILES string of the molecule is COc1ccc(C(CNC(=O)c2occc2C)N2CCOCC2)cc1. The molecule has 2 aromatic rings. The number of rotatable bonds is 6. The molecule has 1 amide bonds. The summed E-state index contributed by atoms with van der Waals surface area (Å²) in [6.07, 6.45) is 1.53. The van der Waals surface area contributed by atoms with Crippen molar-refractivity contribution < 1.29 is 18.7 Å². The third kappa shape index (κ3) is 4.21. The van der Waals surface area contributed by atoms with Crippen LogP contribution in [0.15, 0.2) is 41.0 Å². The Kier molecular flexibility index (Phi) is 5.73. The molecule has 0 saturated carbocycles. The monoisotopic (exact) mass is 344 g/mol. The van der Waals surface area contributed by atoms with Crippen LogP contribution in [0.2, 0.25) is 0 Å². The molecule has 0 radical (unpaired) electrons. The number of amides is 1. The lowest BCUT2D eigenvalue weighted by Crippen LogP contribution is -2.43. The van der Waals surface area contributed by atoms with Crippen LogP contribution in [0, 0.1) is 6.92 Å². The molecule has 1 aromatic heterocycles. The Morgan fingerprint density at radius 2 is 1.96 bits per heavy atom. The van der Waals surface area contributed by atoms with Crippen LogP contribution in [-0.4, -0.2) is 50.8 Å². The number of furan rings is 1. The highest BCUT2D eigenvalue weighted by molar-refractivity contribution is 5.92. The van der Waals surface area contributed by atoms with Crippen molar-refractivity contribution in [3.63, 3.8) is 0 Å². The first-order valence-electron chi connectivity index (χ1n) is 8.47. The molecule has 1 N–H and O–H groups in total. The molecule has 134 valence electrons. The van der Waals surface area contributed by atoms with Crippen molar-refractivity contribution in [1.29, 1.82) is 0 Å². The lowest BCUT2D eigenvalue weighted by Gasteiger charge is -2.35. The van der Waals surface area contributed by atoms with Crippen molar-refractivity contribution in [3.8, 4) is 5.75 Å². The van der Waals surface area contributed by atoms with E-state index in [1.807, 2.05) is 31.2 Å². The molecule has 6 heteroatoms. The topological polar surface area (TPSA) is 63.9 Å². The van der Waals surface area contributed by atoms with Crippen LogP contribution in [0.3, 0.4) is 0 Å². The predicted octanol–water partition coefficient (Wildman–Crippen LogP) is 2.40. The molecule has 1 atom stereocenters. The minimum absolute atomic E-state index is 0.0778. The third-order valence-electron chi connectivity index (χ3n) is 4.51. The molecule has 25 heavy (non-hydrogen) atoms. The van der Waals surface area contributed by atoms with Gasteiger partial charge in [-0.15, -0.1) is 0 Å². The Labute approximate surface area is 147 Å². The summed E-state index contributed by atoms with van der Waals surface area (Å²) in [5.74, 6) is 1.00. The summed E-state index contributed by atoms with van der Waals surface area (Å²) in [6, 6.07) is 9.85. The van der Waals surface area contributed by atoms with E-state index in [-0.39, 0.29) is 11.9 Å². The van der Waals surface area contributed by atoms with Gasteiger partial charge >= 0.3 is 0 Å². The first-order chi connectivity index (χ1) is 12.2. The zero-order chi connectivity index (χ0) is 17.6. The third-order valence-corrected chi connectivity index (χ3v) is 4.51. The van der Waals surface area contributed by atoms with Crippen LogP contribution in [-0.2, 0) is 4.74 Å². The predicted molar refractivity (Wildman–Crippen MR) is 93.9 cm³/mol. The van der Waals surface area contributed by atoms with Crippen LogP contribution >= 0.6 is 0 Å². The van der Waals surface area contributed by atoms with Gasteiger partial charge < -0.3 is 19.2 Å². The standard InChI is InChI=1S/C19H24N2O4/c1-14-7-10-25-18(14)19(22)20-13-17(21-8-11-24-12-9-21)15-3-5-16(23-2)6-4-15/h3-7,10,17H,8-9,11-13H2,1-2H3,(H,20,22). The summed E-state index contributed by atoms with van der Waals surface area (Å²) < 4.78 is 16.0. The van der Waals surface area contributed by atoms with E-state index in [2.05, 4.69) is 10.2 Å². The number of aryl methyl sites for hydroxylation is 1. The Bertz CT molecular complexity index is 690. The van der Waals surface area contributed by atoms with Gasteiger partial charge in [0.2, 0.25) is 0 Å². The molecule has 2 heterocycles. The summed E-state index contributed by atoms with van der Waals surface area (Å²) in [4.78, 5) is 14.7. The highest BCUT2D eigenvalue weighted by atomic mass is 16.5. The van der Waals surface area contributed by atoms with Crippen LogP contribution in [0.1, 0.15) is 27.7 Å². The Hall–Kier alpha value is -2.31. The molecule has 1 aromatic carbocycles. The van der Waals surface area contributed by atoms with E-state index in [4.69, 9.17) is 13.9 Å². The van der Waals surface area contributed by atoms with E-state index in [1.54, 1.807) is 13.2 Å². The molecule has 1 aliphatic rings. The Morgan fingerprint density at radius 1 is 1.24 bits per heavy atom. The summed E-state index contributed by atoms with van der Waals surface area (Å²) in [5.41, 5.74) is 1.98. The maximum atomic E-state index is 12.4. The van der Waals surface area contributed by atoms with Gasteiger partial charge in [-0.1, -0.05) is 12.1 Å². The minimum Gasteiger partial charge on any atom is -0.497 e. The molecule has 0 spiro atoms. The zero-order valence-electron chi connectivity index (χ0n) is 14.7. The number of carbonyl (C=O) groups excluding carboxylic acids is 1. The number of nitrogens with one attached hydrogen (secondary N) is 1. The molecule has 0 aliphatic carbocycles. The summed E-state index contributed by atoms with van der Waals surface area (Å²) in [7, 11) is 1.65. The number of morpholine rings is 1.